The number of aromatic nitrogens is 2. The van der Waals surface area contributed by atoms with E-state index < -0.39 is 10.0 Å². The van der Waals surface area contributed by atoms with Crippen LogP contribution in [0.25, 0.3) is 0 Å². The van der Waals surface area contributed by atoms with Crippen molar-refractivity contribution in [2.45, 2.75) is 43.5 Å². The molecule has 0 saturated carbocycles. The molecule has 1 unspecified atom stereocenters. The lowest BCUT2D eigenvalue weighted by molar-refractivity contribution is -0.139. The van der Waals surface area contributed by atoms with Crippen LogP contribution in [0.15, 0.2) is 34.1 Å². The number of carbonyl (C=O) groups is 1. The van der Waals surface area contributed by atoms with Gasteiger partial charge in [-0.1, -0.05) is 6.07 Å². The van der Waals surface area contributed by atoms with Crippen LogP contribution in [0.1, 0.15) is 32.3 Å². The van der Waals surface area contributed by atoms with E-state index in [-0.39, 0.29) is 24.4 Å². The maximum atomic E-state index is 13.2. The highest BCUT2D eigenvalue weighted by Gasteiger charge is 2.36. The van der Waals surface area contributed by atoms with E-state index in [2.05, 4.69) is 5.10 Å². The molecule has 0 radical (unpaired) electrons. The van der Waals surface area contributed by atoms with Crippen molar-refractivity contribution in [2.24, 2.45) is 13.0 Å². The van der Waals surface area contributed by atoms with Crippen molar-refractivity contribution in [1.29, 1.82) is 0 Å². The third-order valence-electron chi connectivity index (χ3n) is 4.84. The number of hydrogen-bond donors (Lipinski definition) is 0. The standard InChI is InChI=1S/C18H26N4O3S2/c1-14(2)22(12-15-10-19-20(3)11-15)18(23)16-6-4-8-21(13-16)27(24,25)17-7-5-9-26-17/h5,7,9-11,14,16H,4,6,8,12-13H2,1-3H3. The maximum Gasteiger partial charge on any atom is 0.252 e. The van der Waals surface area contributed by atoms with Crippen LogP contribution in [0.2, 0.25) is 0 Å². The van der Waals surface area contributed by atoms with Crippen molar-refractivity contribution in [3.05, 3.63) is 35.5 Å². The van der Waals surface area contributed by atoms with E-state index in [4.69, 9.17) is 0 Å². The van der Waals surface area contributed by atoms with Crippen LogP contribution < -0.4 is 0 Å². The van der Waals surface area contributed by atoms with Gasteiger partial charge in [0.2, 0.25) is 5.91 Å². The predicted molar refractivity (Wildman–Crippen MR) is 105 cm³/mol. The summed E-state index contributed by atoms with van der Waals surface area (Å²) < 4.78 is 29.2. The summed E-state index contributed by atoms with van der Waals surface area (Å²) in [4.78, 5) is 15.0. The zero-order chi connectivity index (χ0) is 19.6. The van der Waals surface area contributed by atoms with Gasteiger partial charge in [0.1, 0.15) is 4.21 Å². The highest BCUT2D eigenvalue weighted by Crippen LogP contribution is 2.28. The van der Waals surface area contributed by atoms with E-state index in [9.17, 15) is 13.2 Å². The van der Waals surface area contributed by atoms with Gasteiger partial charge in [-0.05, 0) is 38.1 Å². The second kappa shape index (κ2) is 8.12. The van der Waals surface area contributed by atoms with Crippen molar-refractivity contribution >= 4 is 27.3 Å². The molecule has 1 aliphatic rings. The fourth-order valence-corrected chi connectivity index (χ4v) is 6.07. The molecule has 0 aromatic carbocycles. The highest BCUT2D eigenvalue weighted by atomic mass is 32.2. The number of sulfonamides is 1. The van der Waals surface area contributed by atoms with Crippen LogP contribution in [-0.4, -0.2) is 52.4 Å². The van der Waals surface area contributed by atoms with Gasteiger partial charge < -0.3 is 4.90 Å². The Hall–Kier alpha value is -1.71. The number of piperidine rings is 1. The molecule has 0 spiro atoms. The van der Waals surface area contributed by atoms with E-state index in [0.29, 0.717) is 30.1 Å². The molecule has 0 N–H and O–H groups in total. The number of thiophene rings is 1. The second-order valence-electron chi connectivity index (χ2n) is 7.22. The molecule has 2 aromatic rings. The summed E-state index contributed by atoms with van der Waals surface area (Å²) in [6.07, 6.45) is 5.07. The molecule has 1 aliphatic heterocycles. The van der Waals surface area contributed by atoms with E-state index in [1.165, 1.54) is 15.6 Å². The topological polar surface area (TPSA) is 75.5 Å². The third-order valence-corrected chi connectivity index (χ3v) is 8.08. The molecule has 9 heteroatoms. The van der Waals surface area contributed by atoms with Gasteiger partial charge in [-0.25, -0.2) is 8.42 Å². The normalized spacial score (nSPS) is 18.7. The minimum Gasteiger partial charge on any atom is -0.336 e. The third kappa shape index (κ3) is 4.41. The summed E-state index contributed by atoms with van der Waals surface area (Å²) in [6, 6.07) is 3.38. The summed E-state index contributed by atoms with van der Waals surface area (Å²) in [5.74, 6) is -0.299. The van der Waals surface area contributed by atoms with E-state index in [1.807, 2.05) is 32.0 Å². The van der Waals surface area contributed by atoms with Crippen LogP contribution >= 0.6 is 11.3 Å². The van der Waals surface area contributed by atoms with Gasteiger partial charge in [0, 0.05) is 44.5 Å². The lowest BCUT2D eigenvalue weighted by atomic mass is 9.97. The number of carbonyl (C=O) groups excluding carboxylic acids is 1. The van der Waals surface area contributed by atoms with Crippen LogP contribution in [0.5, 0.6) is 0 Å². The molecule has 7 nitrogen and oxygen atoms in total. The zero-order valence-electron chi connectivity index (χ0n) is 15.9. The van der Waals surface area contributed by atoms with Gasteiger partial charge in [0.25, 0.3) is 10.0 Å². The molecule has 148 valence electrons. The van der Waals surface area contributed by atoms with Crippen molar-refractivity contribution in [3.8, 4) is 0 Å². The van der Waals surface area contributed by atoms with Crippen molar-refractivity contribution in [1.82, 2.24) is 19.0 Å². The monoisotopic (exact) mass is 410 g/mol. The number of hydrogen-bond acceptors (Lipinski definition) is 5. The number of amides is 1. The molecule has 3 rings (SSSR count). The van der Waals surface area contributed by atoms with E-state index in [1.54, 1.807) is 28.4 Å². The van der Waals surface area contributed by atoms with E-state index in [0.717, 1.165) is 5.56 Å². The molecule has 0 bridgehead atoms. The molecule has 27 heavy (non-hydrogen) atoms. The fourth-order valence-electron chi connectivity index (χ4n) is 3.40. The first kappa shape index (κ1) is 20.0. The predicted octanol–water partition coefficient (Wildman–Crippen LogP) is 2.32. The van der Waals surface area contributed by atoms with Crippen LogP contribution in [0, 0.1) is 5.92 Å². The van der Waals surface area contributed by atoms with Crippen molar-refractivity contribution in [3.63, 3.8) is 0 Å². The Kier molecular flexibility index (Phi) is 6.02. The van der Waals surface area contributed by atoms with Gasteiger partial charge in [-0.2, -0.15) is 9.40 Å². The Labute approximate surface area is 164 Å². The fraction of sp³-hybridized carbons (Fsp3) is 0.556. The Morgan fingerprint density at radius 1 is 1.44 bits per heavy atom. The average molecular weight is 411 g/mol. The molecule has 3 heterocycles. The van der Waals surface area contributed by atoms with Gasteiger partial charge in [0.05, 0.1) is 12.1 Å². The summed E-state index contributed by atoms with van der Waals surface area (Å²) in [6.45, 7) is 5.16. The molecular formula is C18H26N4O3S2. The smallest absolute Gasteiger partial charge is 0.252 e. The van der Waals surface area contributed by atoms with Crippen LogP contribution in [-0.2, 0) is 28.4 Å². The largest absolute Gasteiger partial charge is 0.336 e. The zero-order valence-corrected chi connectivity index (χ0v) is 17.5. The first-order chi connectivity index (χ1) is 12.8. The van der Waals surface area contributed by atoms with Crippen molar-refractivity contribution < 1.29 is 13.2 Å². The lowest BCUT2D eigenvalue weighted by Gasteiger charge is -2.35. The summed E-state index contributed by atoms with van der Waals surface area (Å²) in [5.41, 5.74) is 0.971. The molecule has 1 saturated heterocycles. The average Bonchev–Trinajstić information content (AvgIpc) is 3.31. The number of rotatable bonds is 6. The molecular weight excluding hydrogens is 384 g/mol. The first-order valence-electron chi connectivity index (χ1n) is 9.10. The molecule has 1 fully saturated rings. The Balaban J connectivity index is 1.74. The molecule has 1 amide bonds. The van der Waals surface area contributed by atoms with Crippen LogP contribution in [0.3, 0.4) is 0 Å². The minimum absolute atomic E-state index is 0.0138. The second-order valence-corrected chi connectivity index (χ2v) is 10.3. The molecule has 1 atom stereocenters. The Morgan fingerprint density at radius 2 is 2.22 bits per heavy atom. The number of aryl methyl sites for hydroxylation is 1. The quantitative estimate of drug-likeness (QED) is 0.732. The maximum absolute atomic E-state index is 13.2. The minimum atomic E-state index is -3.52. The summed E-state index contributed by atoms with van der Waals surface area (Å²) >= 11 is 1.21. The Morgan fingerprint density at radius 3 is 2.81 bits per heavy atom. The van der Waals surface area contributed by atoms with Crippen molar-refractivity contribution in [2.75, 3.05) is 13.1 Å². The van der Waals surface area contributed by atoms with Gasteiger partial charge in [-0.3, -0.25) is 9.48 Å². The van der Waals surface area contributed by atoms with Gasteiger partial charge in [0.15, 0.2) is 0 Å². The van der Waals surface area contributed by atoms with Crippen LogP contribution in [0.4, 0.5) is 0 Å². The Bertz CT molecular complexity index is 874. The van der Waals surface area contributed by atoms with Gasteiger partial charge in [-0.15, -0.1) is 11.3 Å². The summed E-state index contributed by atoms with van der Waals surface area (Å²) in [5, 5.41) is 5.92. The lowest BCUT2D eigenvalue weighted by Crippen LogP contribution is -2.48. The highest BCUT2D eigenvalue weighted by molar-refractivity contribution is 7.91. The SMILES string of the molecule is CC(C)N(Cc1cnn(C)c1)C(=O)C1CCCN(S(=O)(=O)c2cccs2)C1. The summed E-state index contributed by atoms with van der Waals surface area (Å²) in [7, 11) is -1.67. The van der Waals surface area contributed by atoms with E-state index >= 15 is 0 Å². The number of nitrogens with zero attached hydrogens (tertiary/aromatic N) is 4. The first-order valence-corrected chi connectivity index (χ1v) is 11.4. The molecule has 2 aromatic heterocycles. The van der Waals surface area contributed by atoms with Gasteiger partial charge >= 0.3 is 0 Å². The molecule has 0 aliphatic carbocycles.